The molecule has 1 N–H and O–H groups in total. The van der Waals surface area contributed by atoms with Crippen molar-refractivity contribution in [3.8, 4) is 0 Å². The number of nitrogens with one attached hydrogen (secondary N) is 1. The zero-order chi connectivity index (χ0) is 18.7. The molecule has 0 saturated heterocycles. The second-order valence-electron chi connectivity index (χ2n) is 7.12. The van der Waals surface area contributed by atoms with Crippen LogP contribution in [0.4, 0.5) is 5.69 Å². The Balaban J connectivity index is 3.03. The molecule has 1 amide bonds. The summed E-state index contributed by atoms with van der Waals surface area (Å²) >= 11 is 0. The number of hydrogen-bond donors (Lipinski definition) is 1. The molecule has 1 rings (SSSR count). The smallest absolute Gasteiger partial charge is 0.241 e. The van der Waals surface area contributed by atoms with Gasteiger partial charge in [0.15, 0.2) is 0 Å². The number of nitrogens with zero attached hydrogens (tertiary/aromatic N) is 1. The molecule has 0 radical (unpaired) electrons. The maximum Gasteiger partial charge on any atom is 0.241 e. The van der Waals surface area contributed by atoms with Gasteiger partial charge >= 0.3 is 0 Å². The fraction of sp³-hybridized carbons (Fsp3) is 0.611. The molecular formula is C18H30N2O3S. The van der Waals surface area contributed by atoms with Crippen LogP contribution in [0.15, 0.2) is 18.2 Å². The molecule has 0 aliphatic heterocycles. The van der Waals surface area contributed by atoms with E-state index < -0.39 is 10.0 Å². The van der Waals surface area contributed by atoms with Gasteiger partial charge in [0, 0.05) is 6.04 Å². The monoisotopic (exact) mass is 354 g/mol. The van der Waals surface area contributed by atoms with E-state index >= 15 is 0 Å². The second-order valence-corrected chi connectivity index (χ2v) is 9.03. The highest BCUT2D eigenvalue weighted by Gasteiger charge is 2.24. The molecule has 0 atom stereocenters. The van der Waals surface area contributed by atoms with E-state index in [1.54, 1.807) is 12.1 Å². The van der Waals surface area contributed by atoms with Gasteiger partial charge in [-0.05, 0) is 48.9 Å². The lowest BCUT2D eigenvalue weighted by molar-refractivity contribution is -0.121. The van der Waals surface area contributed by atoms with Crippen molar-refractivity contribution in [1.29, 1.82) is 0 Å². The normalized spacial score (nSPS) is 12.1. The molecule has 0 aromatic heterocycles. The number of rotatable bonds is 7. The number of benzene rings is 1. The van der Waals surface area contributed by atoms with Gasteiger partial charge in [-0.3, -0.25) is 9.10 Å². The van der Waals surface area contributed by atoms with Gasteiger partial charge in [0.05, 0.1) is 11.9 Å². The quantitative estimate of drug-likeness (QED) is 0.819. The molecule has 6 heteroatoms. The third kappa shape index (κ3) is 5.51. The van der Waals surface area contributed by atoms with Crippen molar-refractivity contribution in [2.75, 3.05) is 17.1 Å². The first kappa shape index (κ1) is 20.5. The lowest BCUT2D eigenvalue weighted by Crippen LogP contribution is -2.47. The summed E-state index contributed by atoms with van der Waals surface area (Å²) < 4.78 is 25.5. The molecule has 136 valence electrons. The van der Waals surface area contributed by atoms with Gasteiger partial charge in [-0.25, -0.2) is 8.42 Å². The third-order valence-corrected chi connectivity index (χ3v) is 5.37. The minimum Gasteiger partial charge on any atom is -0.351 e. The number of carbonyl (C=O) groups is 1. The van der Waals surface area contributed by atoms with Crippen LogP contribution in [0.25, 0.3) is 0 Å². The van der Waals surface area contributed by atoms with Gasteiger partial charge in [0.25, 0.3) is 0 Å². The Morgan fingerprint density at radius 3 is 2.04 bits per heavy atom. The van der Waals surface area contributed by atoms with Crippen LogP contribution in [-0.2, 0) is 14.8 Å². The summed E-state index contributed by atoms with van der Waals surface area (Å²) in [6, 6.07) is 5.41. The van der Waals surface area contributed by atoms with Gasteiger partial charge in [-0.1, -0.05) is 33.8 Å². The van der Waals surface area contributed by atoms with E-state index in [0.29, 0.717) is 5.69 Å². The Hall–Kier alpha value is -1.56. The van der Waals surface area contributed by atoms with Crippen LogP contribution >= 0.6 is 0 Å². The highest BCUT2D eigenvalue weighted by molar-refractivity contribution is 7.92. The van der Waals surface area contributed by atoms with E-state index in [0.717, 1.165) is 21.7 Å². The molecule has 0 heterocycles. The number of sulfonamides is 1. The third-order valence-electron chi connectivity index (χ3n) is 4.23. The zero-order valence-electron chi connectivity index (χ0n) is 15.8. The Labute approximate surface area is 146 Å². The van der Waals surface area contributed by atoms with Crippen molar-refractivity contribution < 1.29 is 13.2 Å². The predicted octanol–water partition coefficient (Wildman–Crippen LogP) is 2.87. The molecule has 1 aromatic rings. The summed E-state index contributed by atoms with van der Waals surface area (Å²) in [6.07, 6.45) is 1.12. The van der Waals surface area contributed by atoms with Gasteiger partial charge in [0.1, 0.15) is 6.54 Å². The summed E-state index contributed by atoms with van der Waals surface area (Å²) in [5.74, 6) is 0.274. The number of hydrogen-bond acceptors (Lipinski definition) is 3. The molecule has 0 aliphatic rings. The summed E-state index contributed by atoms with van der Waals surface area (Å²) in [7, 11) is -3.55. The molecule has 0 fully saturated rings. The molecule has 24 heavy (non-hydrogen) atoms. The van der Waals surface area contributed by atoms with Crippen LogP contribution in [0.1, 0.15) is 38.8 Å². The lowest BCUT2D eigenvalue weighted by Gasteiger charge is -2.28. The first-order chi connectivity index (χ1) is 10.9. The average Bonchev–Trinajstić information content (AvgIpc) is 2.43. The molecule has 0 spiro atoms. The Kier molecular flexibility index (Phi) is 6.84. The summed E-state index contributed by atoms with van der Waals surface area (Å²) in [5, 5.41) is 2.97. The lowest BCUT2D eigenvalue weighted by atomic mass is 9.93. The van der Waals surface area contributed by atoms with Gasteiger partial charge in [-0.2, -0.15) is 0 Å². The molecular weight excluding hydrogens is 324 g/mol. The first-order valence-corrected chi connectivity index (χ1v) is 10.1. The number of anilines is 1. The van der Waals surface area contributed by atoms with E-state index in [1.807, 2.05) is 47.6 Å². The minimum absolute atomic E-state index is 0.0127. The van der Waals surface area contributed by atoms with Crippen molar-refractivity contribution in [1.82, 2.24) is 5.32 Å². The maximum absolute atomic E-state index is 12.4. The molecule has 0 saturated carbocycles. The van der Waals surface area contributed by atoms with Crippen molar-refractivity contribution in [3.63, 3.8) is 0 Å². The van der Waals surface area contributed by atoms with E-state index in [4.69, 9.17) is 0 Å². The molecule has 1 aromatic carbocycles. The molecule has 5 nitrogen and oxygen atoms in total. The zero-order valence-corrected chi connectivity index (χ0v) is 16.6. The highest BCUT2D eigenvalue weighted by Crippen LogP contribution is 2.21. The first-order valence-electron chi connectivity index (χ1n) is 8.27. The van der Waals surface area contributed by atoms with Crippen molar-refractivity contribution in [2.24, 2.45) is 11.8 Å². The number of aryl methyl sites for hydroxylation is 2. The summed E-state index contributed by atoms with van der Waals surface area (Å²) in [6.45, 7) is 11.9. The van der Waals surface area contributed by atoms with E-state index in [9.17, 15) is 13.2 Å². The Morgan fingerprint density at radius 2 is 1.62 bits per heavy atom. The van der Waals surface area contributed by atoms with Gasteiger partial charge in [0.2, 0.25) is 15.9 Å². The van der Waals surface area contributed by atoms with Crippen molar-refractivity contribution in [3.05, 3.63) is 29.3 Å². The minimum atomic E-state index is -3.55. The summed E-state index contributed by atoms with van der Waals surface area (Å²) in [4.78, 5) is 12.4. The molecule has 0 bridgehead atoms. The van der Waals surface area contributed by atoms with Crippen molar-refractivity contribution >= 4 is 21.6 Å². The van der Waals surface area contributed by atoms with Crippen LogP contribution in [0.2, 0.25) is 0 Å². The fourth-order valence-corrected chi connectivity index (χ4v) is 3.59. The van der Waals surface area contributed by atoms with Crippen molar-refractivity contribution in [2.45, 2.75) is 47.6 Å². The predicted molar refractivity (Wildman–Crippen MR) is 99.7 cm³/mol. The second kappa shape index (κ2) is 8.01. The topological polar surface area (TPSA) is 66.5 Å². The van der Waals surface area contributed by atoms with Crippen LogP contribution in [0.5, 0.6) is 0 Å². The average molecular weight is 355 g/mol. The molecule has 0 aliphatic carbocycles. The Morgan fingerprint density at radius 1 is 1.08 bits per heavy atom. The largest absolute Gasteiger partial charge is 0.351 e. The molecule has 0 unspecified atom stereocenters. The van der Waals surface area contributed by atoms with E-state index in [2.05, 4.69) is 5.32 Å². The van der Waals surface area contributed by atoms with Crippen LogP contribution in [0.3, 0.4) is 0 Å². The van der Waals surface area contributed by atoms with Crippen LogP contribution in [0, 0.1) is 25.7 Å². The van der Waals surface area contributed by atoms with E-state index in [-0.39, 0.29) is 30.3 Å². The van der Waals surface area contributed by atoms with Crippen LogP contribution < -0.4 is 9.62 Å². The van der Waals surface area contributed by atoms with Gasteiger partial charge in [-0.15, -0.1) is 0 Å². The highest BCUT2D eigenvalue weighted by atomic mass is 32.2. The number of carbonyl (C=O) groups excluding carboxylic acids is 1. The fourth-order valence-electron chi connectivity index (χ4n) is 2.75. The Bertz CT molecular complexity index is 674. The van der Waals surface area contributed by atoms with Crippen LogP contribution in [-0.4, -0.2) is 33.2 Å². The maximum atomic E-state index is 12.4. The standard InChI is InChI=1S/C18H30N2O3S/c1-12(2)18(13(3)4)19-17(21)11-20(24(7,22)23)16-9-8-14(5)15(6)10-16/h8-10,12-13,18H,11H2,1-7H3,(H,19,21). The SMILES string of the molecule is Cc1ccc(N(CC(=O)NC(C(C)C)C(C)C)S(C)(=O)=O)cc1C. The number of amides is 1. The van der Waals surface area contributed by atoms with Gasteiger partial charge < -0.3 is 5.32 Å². The van der Waals surface area contributed by atoms with E-state index in [1.165, 1.54) is 0 Å². The summed E-state index contributed by atoms with van der Waals surface area (Å²) in [5.41, 5.74) is 2.58.